The number of rotatable bonds is 2. The molecule has 9 rings (SSSR count). The Hall–Kier alpha value is -5.34. The summed E-state index contributed by atoms with van der Waals surface area (Å²) in [5, 5.41) is -2.63. The van der Waals surface area contributed by atoms with Crippen LogP contribution >= 0.6 is 0 Å². The molecule has 40 heavy (non-hydrogen) atoms. The zero-order valence-corrected chi connectivity index (χ0v) is 19.8. The van der Waals surface area contributed by atoms with Crippen LogP contribution < -0.4 is 4.74 Å². The fourth-order valence-electron chi connectivity index (χ4n) is 5.01. The first-order valence-corrected chi connectivity index (χ1v) is 11.8. The quantitative estimate of drug-likeness (QED) is 0.221. The van der Waals surface area contributed by atoms with Gasteiger partial charge >= 0.3 is 0 Å². The number of ether oxygens (including phenoxy) is 1. The summed E-state index contributed by atoms with van der Waals surface area (Å²) in [5.74, 6) is -1.11. The van der Waals surface area contributed by atoms with Gasteiger partial charge in [0.2, 0.25) is 0 Å². The van der Waals surface area contributed by atoms with Crippen molar-refractivity contribution < 1.29 is 39.3 Å². The molecule has 186 valence electrons. The van der Waals surface area contributed by atoms with E-state index in [0.29, 0.717) is 0 Å². The number of benzene rings is 7. The van der Waals surface area contributed by atoms with Gasteiger partial charge < -0.3 is 9.15 Å². The zero-order valence-electron chi connectivity index (χ0n) is 41.8. The molecule has 0 atom stereocenters. The van der Waals surface area contributed by atoms with E-state index in [0.717, 1.165) is 0 Å². The Balaban J connectivity index is 1.56. The van der Waals surface area contributed by atoms with Gasteiger partial charge in [-0.25, -0.2) is 0 Å². The fourth-order valence-corrected chi connectivity index (χ4v) is 5.01. The second-order valence-corrected chi connectivity index (χ2v) is 8.77. The van der Waals surface area contributed by atoms with E-state index >= 15 is 0 Å². The first-order valence-electron chi connectivity index (χ1n) is 22.8. The summed E-state index contributed by atoms with van der Waals surface area (Å²) in [4.78, 5) is 0. The third-order valence-corrected chi connectivity index (χ3v) is 6.70. The predicted octanol–water partition coefficient (Wildman–Crippen LogP) is 11.0. The molecule has 0 saturated carbocycles. The van der Waals surface area contributed by atoms with E-state index in [1.807, 2.05) is 0 Å². The lowest BCUT2D eigenvalue weighted by atomic mass is 9.87. The number of furan rings is 1. The minimum absolute atomic E-state index is 0.386. The van der Waals surface area contributed by atoms with E-state index in [-0.39, 0.29) is 5.39 Å². The molecular weight excluding hydrogens is 488 g/mol. The van der Waals surface area contributed by atoms with Crippen molar-refractivity contribution in [2.75, 3.05) is 0 Å². The Morgan fingerprint density at radius 2 is 1.07 bits per heavy atom. The molecule has 0 fully saturated rings. The van der Waals surface area contributed by atoms with Crippen LogP contribution in [0.3, 0.4) is 0 Å². The summed E-state index contributed by atoms with van der Waals surface area (Å²) in [7, 11) is 0. The molecule has 0 spiro atoms. The van der Waals surface area contributed by atoms with E-state index in [1.165, 1.54) is 0 Å². The third kappa shape index (κ3) is 2.93. The molecule has 8 aromatic rings. The van der Waals surface area contributed by atoms with Crippen LogP contribution in [0.25, 0.3) is 76.9 Å². The predicted molar refractivity (Wildman–Crippen MR) is 165 cm³/mol. The van der Waals surface area contributed by atoms with Crippen LogP contribution in [0.15, 0.2) is 137 Å². The SMILES string of the molecule is [2H]c1c([2H])c([2H])c2c(c1[2H])Oc1c([2H])c([2H])c(-c3c([2H])c([2H])c([2H])c([2H])c3-c3c([2H])c([2H])c([2H])c4oc5c6c([2H])c([2H])c([2H])c([2H])c6c([2H])c([2H])c5c34)c3c([2H])c([2H])c([2H])c-2c13. The smallest absolute Gasteiger partial charge is 0.143 e. The lowest BCUT2D eigenvalue weighted by Gasteiger charge is -2.23. The van der Waals surface area contributed by atoms with E-state index in [1.54, 1.807) is 0 Å². The van der Waals surface area contributed by atoms with Crippen molar-refractivity contribution in [2.24, 2.45) is 0 Å². The van der Waals surface area contributed by atoms with Crippen LogP contribution in [0.4, 0.5) is 0 Å². The van der Waals surface area contributed by atoms with E-state index < -0.39 is 216 Å². The molecule has 0 N–H and O–H groups in total. The van der Waals surface area contributed by atoms with E-state index in [2.05, 4.69) is 0 Å². The van der Waals surface area contributed by atoms with Gasteiger partial charge in [-0.1, -0.05) is 109 Å². The highest BCUT2D eigenvalue weighted by Crippen LogP contribution is 2.50. The van der Waals surface area contributed by atoms with Crippen molar-refractivity contribution in [1.29, 1.82) is 0 Å². The minimum atomic E-state index is -0.945. The molecular formula is C38H22O2. The largest absolute Gasteiger partial charge is 0.456 e. The summed E-state index contributed by atoms with van der Waals surface area (Å²) in [6, 6.07) is -17.7. The van der Waals surface area contributed by atoms with Gasteiger partial charge in [0, 0.05) is 27.1 Å². The fraction of sp³-hybridized carbons (Fsp3) is 0. The van der Waals surface area contributed by atoms with Crippen molar-refractivity contribution in [3.05, 3.63) is 133 Å². The van der Waals surface area contributed by atoms with Gasteiger partial charge in [0.25, 0.3) is 0 Å². The molecule has 0 aliphatic carbocycles. The van der Waals surface area contributed by atoms with Gasteiger partial charge in [0.1, 0.15) is 22.7 Å². The van der Waals surface area contributed by atoms with Gasteiger partial charge in [0.05, 0.1) is 30.2 Å². The standard InChI is InChI=1S/C38H22O2/c1-2-10-24-23(9-1)19-20-32-37-29(16-8-18-34(37)40-38(24)32)26-12-4-3-11-25(26)27-21-22-35-36-30(27)14-7-15-31(36)28-13-5-6-17-33(28)39-35/h1-22H/i1D,2D,3D,4D,5D,6D,7D,8D,9D,10D,11D,12D,13D,14D,15D,16D,17D,18D,19D,20D,21D,22D. The van der Waals surface area contributed by atoms with Gasteiger partial charge in [0.15, 0.2) is 0 Å². The minimum Gasteiger partial charge on any atom is -0.456 e. The van der Waals surface area contributed by atoms with E-state index in [9.17, 15) is 8.22 Å². The molecule has 7 aromatic carbocycles. The van der Waals surface area contributed by atoms with Crippen molar-refractivity contribution in [3.63, 3.8) is 0 Å². The lowest BCUT2D eigenvalue weighted by Crippen LogP contribution is -1.98. The molecule has 2 heteroatoms. The maximum atomic E-state index is 9.39. The van der Waals surface area contributed by atoms with Crippen LogP contribution in [-0.4, -0.2) is 0 Å². The first-order chi connectivity index (χ1) is 29.0. The summed E-state index contributed by atoms with van der Waals surface area (Å²) in [6.45, 7) is 0. The molecule has 2 heterocycles. The van der Waals surface area contributed by atoms with Crippen LogP contribution in [0.1, 0.15) is 30.2 Å². The van der Waals surface area contributed by atoms with Crippen molar-refractivity contribution in [1.82, 2.24) is 0 Å². The van der Waals surface area contributed by atoms with E-state index in [4.69, 9.17) is 31.1 Å². The number of hydrogen-bond acceptors (Lipinski definition) is 2. The second kappa shape index (κ2) is 8.08. The highest BCUT2D eigenvalue weighted by Gasteiger charge is 2.23. The normalized spacial score (nSPS) is 19.9. The summed E-state index contributed by atoms with van der Waals surface area (Å²) in [6.07, 6.45) is 0. The van der Waals surface area contributed by atoms with Gasteiger partial charge in [-0.3, -0.25) is 0 Å². The average Bonchev–Trinajstić information content (AvgIpc) is 3.64. The Morgan fingerprint density at radius 1 is 0.400 bits per heavy atom. The summed E-state index contributed by atoms with van der Waals surface area (Å²) in [5.41, 5.74) is -4.58. The average molecular weight is 533 g/mol. The molecule has 0 amide bonds. The molecule has 1 aliphatic heterocycles. The highest BCUT2D eigenvalue weighted by molar-refractivity contribution is 6.20. The van der Waals surface area contributed by atoms with Crippen LogP contribution in [-0.2, 0) is 0 Å². The molecule has 2 nitrogen and oxygen atoms in total. The van der Waals surface area contributed by atoms with Crippen LogP contribution in [0.5, 0.6) is 11.5 Å². The topological polar surface area (TPSA) is 22.4 Å². The van der Waals surface area contributed by atoms with Gasteiger partial charge in [-0.15, -0.1) is 0 Å². The Kier molecular flexibility index (Phi) is 1.90. The monoisotopic (exact) mass is 532 g/mol. The Labute approximate surface area is 261 Å². The Morgan fingerprint density at radius 3 is 1.98 bits per heavy atom. The maximum absolute atomic E-state index is 9.39. The van der Waals surface area contributed by atoms with Crippen molar-refractivity contribution >= 4 is 43.5 Å². The number of hydrogen-bond donors (Lipinski definition) is 0. The number of para-hydroxylation sites is 1. The van der Waals surface area contributed by atoms with Crippen LogP contribution in [0.2, 0.25) is 0 Å². The molecule has 0 saturated heterocycles. The zero-order chi connectivity index (χ0) is 45.4. The van der Waals surface area contributed by atoms with Crippen molar-refractivity contribution in [3.8, 4) is 44.9 Å². The maximum Gasteiger partial charge on any atom is 0.143 e. The summed E-state index contributed by atoms with van der Waals surface area (Å²) >= 11 is 0. The molecule has 0 unspecified atom stereocenters. The number of fused-ring (bicyclic) bond motifs is 7. The van der Waals surface area contributed by atoms with Crippen molar-refractivity contribution in [2.45, 2.75) is 0 Å². The lowest BCUT2D eigenvalue weighted by molar-refractivity contribution is 0.487. The van der Waals surface area contributed by atoms with Crippen LogP contribution in [0, 0.1) is 0 Å². The summed E-state index contributed by atoms with van der Waals surface area (Å²) < 4.78 is 206. The highest BCUT2D eigenvalue weighted by atomic mass is 16.5. The molecule has 1 aliphatic rings. The molecule has 0 radical (unpaired) electrons. The molecule has 1 aromatic heterocycles. The van der Waals surface area contributed by atoms with Gasteiger partial charge in [-0.05, 0) is 62.8 Å². The van der Waals surface area contributed by atoms with Gasteiger partial charge in [-0.2, -0.15) is 0 Å². The molecule has 0 bridgehead atoms. The first kappa shape index (κ1) is 9.39. The third-order valence-electron chi connectivity index (χ3n) is 6.70. The second-order valence-electron chi connectivity index (χ2n) is 8.77. The Bertz CT molecular complexity index is 3520.